The third-order valence-corrected chi connectivity index (χ3v) is 1.70. The van der Waals surface area contributed by atoms with Crippen molar-refractivity contribution in [2.24, 2.45) is 7.05 Å². The van der Waals surface area contributed by atoms with Gasteiger partial charge in [-0.25, -0.2) is 4.98 Å². The molecule has 0 N–H and O–H groups in total. The van der Waals surface area contributed by atoms with E-state index in [0.717, 1.165) is 12.5 Å². The standard InChI is InChI=1S/C8H12N4/c1-11(6-3-4-9)8-10-5-7-12(8)2/h5,7H,3,6H2,1-2H3. The molecular formula is C8H12N4. The topological polar surface area (TPSA) is 44.9 Å². The lowest BCUT2D eigenvalue weighted by molar-refractivity contribution is 0.804. The number of aryl methyl sites for hydroxylation is 1. The van der Waals surface area contributed by atoms with Crippen molar-refractivity contribution in [3.05, 3.63) is 12.4 Å². The Morgan fingerprint density at radius 1 is 1.75 bits per heavy atom. The molecule has 0 fully saturated rings. The molecule has 0 bridgehead atoms. The van der Waals surface area contributed by atoms with E-state index in [9.17, 15) is 0 Å². The lowest BCUT2D eigenvalue weighted by Gasteiger charge is -2.15. The molecule has 0 saturated carbocycles. The van der Waals surface area contributed by atoms with Crippen LogP contribution in [0.15, 0.2) is 12.4 Å². The minimum absolute atomic E-state index is 0.531. The van der Waals surface area contributed by atoms with Crippen molar-refractivity contribution in [2.75, 3.05) is 18.5 Å². The third-order valence-electron chi connectivity index (χ3n) is 1.70. The molecule has 0 aliphatic heterocycles. The van der Waals surface area contributed by atoms with E-state index in [-0.39, 0.29) is 0 Å². The van der Waals surface area contributed by atoms with E-state index in [1.54, 1.807) is 6.20 Å². The van der Waals surface area contributed by atoms with Gasteiger partial charge in [0.15, 0.2) is 0 Å². The molecule has 0 saturated heterocycles. The lowest BCUT2D eigenvalue weighted by atomic mass is 10.4. The number of nitriles is 1. The van der Waals surface area contributed by atoms with Crippen LogP contribution in [0.4, 0.5) is 5.95 Å². The first-order valence-corrected chi connectivity index (χ1v) is 3.81. The van der Waals surface area contributed by atoms with Gasteiger partial charge in [-0.15, -0.1) is 0 Å². The molecule has 1 aromatic rings. The monoisotopic (exact) mass is 164 g/mol. The number of imidazole rings is 1. The Morgan fingerprint density at radius 2 is 2.50 bits per heavy atom. The van der Waals surface area contributed by atoms with Crippen LogP contribution in [-0.4, -0.2) is 23.1 Å². The van der Waals surface area contributed by atoms with Gasteiger partial charge in [0.25, 0.3) is 0 Å². The second-order valence-corrected chi connectivity index (χ2v) is 2.67. The predicted octanol–water partition coefficient (Wildman–Crippen LogP) is 0.770. The highest BCUT2D eigenvalue weighted by molar-refractivity contribution is 5.29. The molecule has 0 aromatic carbocycles. The third kappa shape index (κ3) is 1.76. The highest BCUT2D eigenvalue weighted by atomic mass is 15.3. The normalized spacial score (nSPS) is 9.42. The van der Waals surface area contributed by atoms with Crippen LogP contribution in [0.2, 0.25) is 0 Å². The molecule has 4 heteroatoms. The summed E-state index contributed by atoms with van der Waals surface area (Å²) < 4.78 is 1.93. The van der Waals surface area contributed by atoms with Crippen LogP contribution < -0.4 is 4.90 Å². The maximum Gasteiger partial charge on any atom is 0.204 e. The van der Waals surface area contributed by atoms with Gasteiger partial charge in [-0.2, -0.15) is 5.26 Å². The zero-order valence-electron chi connectivity index (χ0n) is 7.36. The second kappa shape index (κ2) is 3.77. The molecule has 0 aliphatic rings. The SMILES string of the molecule is CN(CCC#N)c1nccn1C. The van der Waals surface area contributed by atoms with E-state index >= 15 is 0 Å². The van der Waals surface area contributed by atoms with Gasteiger partial charge >= 0.3 is 0 Å². The van der Waals surface area contributed by atoms with E-state index in [4.69, 9.17) is 5.26 Å². The summed E-state index contributed by atoms with van der Waals surface area (Å²) in [6.45, 7) is 0.724. The maximum absolute atomic E-state index is 8.38. The summed E-state index contributed by atoms with van der Waals surface area (Å²) in [5.74, 6) is 0.894. The van der Waals surface area contributed by atoms with Crippen LogP contribution in [0.1, 0.15) is 6.42 Å². The van der Waals surface area contributed by atoms with Gasteiger partial charge in [-0.1, -0.05) is 0 Å². The average molecular weight is 164 g/mol. The van der Waals surface area contributed by atoms with Gasteiger partial charge < -0.3 is 9.47 Å². The summed E-state index contributed by atoms with van der Waals surface area (Å²) in [6.07, 6.45) is 4.17. The molecular weight excluding hydrogens is 152 g/mol. The Hall–Kier alpha value is -1.50. The number of rotatable bonds is 3. The van der Waals surface area contributed by atoms with E-state index < -0.39 is 0 Å². The van der Waals surface area contributed by atoms with Crippen molar-refractivity contribution in [2.45, 2.75) is 6.42 Å². The van der Waals surface area contributed by atoms with Crippen molar-refractivity contribution < 1.29 is 0 Å². The smallest absolute Gasteiger partial charge is 0.204 e. The largest absolute Gasteiger partial charge is 0.344 e. The van der Waals surface area contributed by atoms with Gasteiger partial charge in [-0.05, 0) is 0 Å². The number of hydrogen-bond donors (Lipinski definition) is 0. The van der Waals surface area contributed by atoms with Crippen molar-refractivity contribution >= 4 is 5.95 Å². The van der Waals surface area contributed by atoms with Crippen LogP contribution in [0.3, 0.4) is 0 Å². The molecule has 0 radical (unpaired) electrons. The summed E-state index contributed by atoms with van der Waals surface area (Å²) in [7, 11) is 3.87. The molecule has 1 heterocycles. The summed E-state index contributed by atoms with van der Waals surface area (Å²) in [5.41, 5.74) is 0. The average Bonchev–Trinajstić information content (AvgIpc) is 2.47. The lowest BCUT2D eigenvalue weighted by Crippen LogP contribution is -2.21. The first kappa shape index (κ1) is 8.60. The van der Waals surface area contributed by atoms with Crippen molar-refractivity contribution in [3.63, 3.8) is 0 Å². The maximum atomic E-state index is 8.38. The first-order chi connectivity index (χ1) is 5.75. The fourth-order valence-corrected chi connectivity index (χ4v) is 1.04. The fraction of sp³-hybridized carbons (Fsp3) is 0.500. The van der Waals surface area contributed by atoms with Crippen molar-refractivity contribution in [1.82, 2.24) is 9.55 Å². The quantitative estimate of drug-likeness (QED) is 0.662. The van der Waals surface area contributed by atoms with Gasteiger partial charge in [0.05, 0.1) is 12.5 Å². The van der Waals surface area contributed by atoms with Gasteiger partial charge in [0.2, 0.25) is 5.95 Å². The molecule has 0 aliphatic carbocycles. The van der Waals surface area contributed by atoms with Gasteiger partial charge in [-0.3, -0.25) is 0 Å². The molecule has 1 aromatic heterocycles. The van der Waals surface area contributed by atoms with Gasteiger partial charge in [0, 0.05) is 33.0 Å². The van der Waals surface area contributed by atoms with Crippen LogP contribution in [0.5, 0.6) is 0 Å². The summed E-state index contributed by atoms with van der Waals surface area (Å²) in [4.78, 5) is 6.11. The van der Waals surface area contributed by atoms with E-state index in [0.29, 0.717) is 6.42 Å². The van der Waals surface area contributed by atoms with E-state index in [1.807, 2.05) is 29.8 Å². The number of anilines is 1. The molecule has 0 atom stereocenters. The number of hydrogen-bond acceptors (Lipinski definition) is 3. The number of nitrogens with zero attached hydrogens (tertiary/aromatic N) is 4. The summed E-state index contributed by atoms with van der Waals surface area (Å²) in [5, 5.41) is 8.38. The summed E-state index contributed by atoms with van der Waals surface area (Å²) >= 11 is 0. The predicted molar refractivity (Wildman–Crippen MR) is 46.7 cm³/mol. The van der Waals surface area contributed by atoms with E-state index in [2.05, 4.69) is 11.1 Å². The minimum Gasteiger partial charge on any atom is -0.344 e. The zero-order valence-corrected chi connectivity index (χ0v) is 7.36. The van der Waals surface area contributed by atoms with Crippen LogP contribution in [0.25, 0.3) is 0 Å². The second-order valence-electron chi connectivity index (χ2n) is 2.67. The Balaban J connectivity index is 2.60. The van der Waals surface area contributed by atoms with Crippen LogP contribution in [-0.2, 0) is 7.05 Å². The molecule has 0 unspecified atom stereocenters. The molecule has 12 heavy (non-hydrogen) atoms. The molecule has 0 spiro atoms. The number of aromatic nitrogens is 2. The molecule has 4 nitrogen and oxygen atoms in total. The van der Waals surface area contributed by atoms with E-state index in [1.165, 1.54) is 0 Å². The Kier molecular flexibility index (Phi) is 2.70. The van der Waals surface area contributed by atoms with Crippen molar-refractivity contribution in [3.8, 4) is 6.07 Å². The Bertz CT molecular complexity index is 283. The molecule has 0 amide bonds. The Morgan fingerprint density at radius 3 is 3.00 bits per heavy atom. The zero-order chi connectivity index (χ0) is 8.97. The highest BCUT2D eigenvalue weighted by Crippen LogP contribution is 2.06. The molecule has 64 valence electrons. The van der Waals surface area contributed by atoms with Gasteiger partial charge in [0.1, 0.15) is 0 Å². The van der Waals surface area contributed by atoms with Crippen molar-refractivity contribution in [1.29, 1.82) is 5.26 Å². The fourth-order valence-electron chi connectivity index (χ4n) is 1.04. The minimum atomic E-state index is 0.531. The first-order valence-electron chi connectivity index (χ1n) is 3.81. The van der Waals surface area contributed by atoms with Crippen LogP contribution >= 0.6 is 0 Å². The Labute approximate surface area is 72.0 Å². The summed E-state index contributed by atoms with van der Waals surface area (Å²) in [6, 6.07) is 2.10. The van der Waals surface area contributed by atoms with Crippen LogP contribution in [0, 0.1) is 11.3 Å². The molecule has 1 rings (SSSR count). The highest BCUT2D eigenvalue weighted by Gasteiger charge is 2.03.